The molecular formula is C8H5Cl2O2S2. The topological polar surface area (TPSA) is 26.3 Å². The van der Waals surface area contributed by atoms with Gasteiger partial charge in [-0.1, -0.05) is 6.07 Å². The van der Waals surface area contributed by atoms with Crippen molar-refractivity contribution in [3.05, 3.63) is 18.2 Å². The van der Waals surface area contributed by atoms with Crippen molar-refractivity contribution in [2.24, 2.45) is 0 Å². The van der Waals surface area contributed by atoms with E-state index in [0.717, 1.165) is 31.7 Å². The third-order valence-corrected chi connectivity index (χ3v) is 3.36. The number of benzene rings is 1. The molecule has 1 radical (unpaired) electrons. The molecule has 0 heterocycles. The first kappa shape index (κ1) is 12.0. The van der Waals surface area contributed by atoms with Crippen LogP contribution in [0.1, 0.15) is 0 Å². The highest BCUT2D eigenvalue weighted by Crippen LogP contribution is 2.40. The lowest BCUT2D eigenvalue weighted by atomic mass is 10.3. The lowest BCUT2D eigenvalue weighted by Gasteiger charge is -2.09. The summed E-state index contributed by atoms with van der Waals surface area (Å²) in [6.45, 7) is -0.126. The van der Waals surface area contributed by atoms with Gasteiger partial charge in [0.2, 0.25) is 6.29 Å². The highest BCUT2D eigenvalue weighted by molar-refractivity contribution is 8.21. The van der Waals surface area contributed by atoms with Crippen LogP contribution in [-0.2, 0) is 4.79 Å². The van der Waals surface area contributed by atoms with E-state index < -0.39 is 0 Å². The molecule has 0 bridgehead atoms. The van der Waals surface area contributed by atoms with Gasteiger partial charge in [0.1, 0.15) is 5.75 Å². The number of hydrogen-bond donors (Lipinski definition) is 0. The summed E-state index contributed by atoms with van der Waals surface area (Å²) in [7, 11) is 13.3. The zero-order chi connectivity index (χ0) is 10.4. The normalized spacial score (nSPS) is 9.86. The first-order valence-electron chi connectivity index (χ1n) is 3.51. The van der Waals surface area contributed by atoms with Crippen LogP contribution in [0.15, 0.2) is 28.0 Å². The maximum absolute atomic E-state index is 10.0. The molecule has 1 rings (SSSR count). The van der Waals surface area contributed by atoms with Gasteiger partial charge < -0.3 is 4.74 Å². The van der Waals surface area contributed by atoms with Crippen LogP contribution >= 0.6 is 43.3 Å². The quantitative estimate of drug-likeness (QED) is 0.814. The van der Waals surface area contributed by atoms with Crippen molar-refractivity contribution in [2.45, 2.75) is 9.79 Å². The van der Waals surface area contributed by atoms with Gasteiger partial charge in [-0.2, -0.15) is 0 Å². The third kappa shape index (κ3) is 2.98. The van der Waals surface area contributed by atoms with Crippen LogP contribution < -0.4 is 4.74 Å². The van der Waals surface area contributed by atoms with E-state index in [1.54, 1.807) is 18.4 Å². The maximum atomic E-state index is 10.0. The lowest BCUT2D eigenvalue weighted by molar-refractivity contribution is 0.348. The first-order chi connectivity index (χ1) is 6.83. The van der Waals surface area contributed by atoms with Crippen LogP contribution in [0.5, 0.6) is 5.75 Å². The fourth-order valence-electron chi connectivity index (χ4n) is 0.861. The SMILES string of the molecule is O=[C]COc1c(SCl)cccc1SCl. The third-order valence-electron chi connectivity index (χ3n) is 1.38. The number of halogens is 2. The van der Waals surface area contributed by atoms with Crippen molar-refractivity contribution in [3.63, 3.8) is 0 Å². The van der Waals surface area contributed by atoms with E-state index >= 15 is 0 Å². The van der Waals surface area contributed by atoms with Crippen molar-refractivity contribution < 1.29 is 9.53 Å². The summed E-state index contributed by atoms with van der Waals surface area (Å²) >= 11 is 0. The van der Waals surface area contributed by atoms with E-state index in [1.807, 2.05) is 6.07 Å². The van der Waals surface area contributed by atoms with E-state index in [-0.39, 0.29) is 6.61 Å². The summed E-state index contributed by atoms with van der Waals surface area (Å²) in [6, 6.07) is 5.38. The van der Waals surface area contributed by atoms with E-state index in [0.29, 0.717) is 5.75 Å². The summed E-state index contributed by atoms with van der Waals surface area (Å²) < 4.78 is 5.17. The van der Waals surface area contributed by atoms with Crippen molar-refractivity contribution in [1.82, 2.24) is 0 Å². The van der Waals surface area contributed by atoms with E-state index in [1.165, 1.54) is 0 Å². The zero-order valence-corrected chi connectivity index (χ0v) is 9.97. The molecule has 0 aromatic heterocycles. The predicted octanol–water partition coefficient (Wildman–Crippen LogP) is 3.67. The molecule has 0 saturated heterocycles. The van der Waals surface area contributed by atoms with Crippen LogP contribution in [0.25, 0.3) is 0 Å². The molecule has 0 amide bonds. The summed E-state index contributed by atoms with van der Waals surface area (Å²) in [4.78, 5) is 11.5. The van der Waals surface area contributed by atoms with E-state index in [9.17, 15) is 4.79 Å². The molecule has 0 fully saturated rings. The summed E-state index contributed by atoms with van der Waals surface area (Å²) in [5.41, 5.74) is 0. The minimum atomic E-state index is -0.126. The predicted molar refractivity (Wildman–Crippen MR) is 61.1 cm³/mol. The molecule has 1 aromatic carbocycles. The van der Waals surface area contributed by atoms with E-state index in [4.69, 9.17) is 26.1 Å². The zero-order valence-electron chi connectivity index (χ0n) is 6.83. The van der Waals surface area contributed by atoms with Crippen LogP contribution in [-0.4, -0.2) is 12.9 Å². The fraction of sp³-hybridized carbons (Fsp3) is 0.125. The van der Waals surface area contributed by atoms with Gasteiger partial charge >= 0.3 is 0 Å². The second-order valence-corrected chi connectivity index (χ2v) is 4.28. The van der Waals surface area contributed by atoms with Gasteiger partial charge in [0.05, 0.1) is 9.79 Å². The number of rotatable bonds is 5. The molecule has 0 aliphatic heterocycles. The highest BCUT2D eigenvalue weighted by Gasteiger charge is 2.09. The second kappa shape index (κ2) is 6.45. The minimum Gasteiger partial charge on any atom is -0.483 e. The van der Waals surface area contributed by atoms with Crippen LogP contribution in [0.4, 0.5) is 0 Å². The molecule has 14 heavy (non-hydrogen) atoms. The number of carbonyl (C=O) groups excluding carboxylic acids is 1. The maximum Gasteiger partial charge on any atom is 0.239 e. The van der Waals surface area contributed by atoms with Crippen molar-refractivity contribution in [1.29, 1.82) is 0 Å². The number of ether oxygens (including phenoxy) is 1. The molecule has 0 atom stereocenters. The average Bonchev–Trinajstić information content (AvgIpc) is 2.25. The Balaban J connectivity index is 2.99. The fourth-order valence-corrected chi connectivity index (χ4v) is 2.39. The monoisotopic (exact) mass is 267 g/mol. The second-order valence-electron chi connectivity index (χ2n) is 2.17. The van der Waals surface area contributed by atoms with Crippen molar-refractivity contribution in [3.8, 4) is 5.75 Å². The first-order valence-corrected chi connectivity index (χ1v) is 6.80. The Labute approximate surface area is 99.3 Å². The molecule has 0 aliphatic rings. The van der Waals surface area contributed by atoms with Crippen molar-refractivity contribution >= 4 is 49.6 Å². The van der Waals surface area contributed by atoms with E-state index in [2.05, 4.69) is 0 Å². The molecule has 0 spiro atoms. The Morgan fingerprint density at radius 2 is 1.86 bits per heavy atom. The molecule has 1 aromatic rings. The smallest absolute Gasteiger partial charge is 0.239 e. The van der Waals surface area contributed by atoms with Gasteiger partial charge in [0.25, 0.3) is 0 Å². The number of para-hydroxylation sites is 1. The van der Waals surface area contributed by atoms with Gasteiger partial charge in [0, 0.05) is 0 Å². The van der Waals surface area contributed by atoms with Gasteiger partial charge in [-0.25, -0.2) is 0 Å². The molecule has 75 valence electrons. The largest absolute Gasteiger partial charge is 0.483 e. The van der Waals surface area contributed by atoms with Gasteiger partial charge in [-0.15, -0.1) is 0 Å². The Morgan fingerprint density at radius 1 is 1.29 bits per heavy atom. The Morgan fingerprint density at radius 3 is 2.29 bits per heavy atom. The molecule has 6 heteroatoms. The Bertz CT molecular complexity index is 298. The van der Waals surface area contributed by atoms with Gasteiger partial charge in [0.15, 0.2) is 6.61 Å². The minimum absolute atomic E-state index is 0.126. The van der Waals surface area contributed by atoms with Crippen LogP contribution in [0, 0.1) is 0 Å². The lowest BCUT2D eigenvalue weighted by Crippen LogP contribution is -1.99. The summed E-state index contributed by atoms with van der Waals surface area (Å²) in [5.74, 6) is 0.524. The summed E-state index contributed by atoms with van der Waals surface area (Å²) in [6.07, 6.45) is 1.64. The molecule has 0 N–H and O–H groups in total. The van der Waals surface area contributed by atoms with Crippen LogP contribution in [0.2, 0.25) is 0 Å². The Hall–Kier alpha value is -0.0300. The van der Waals surface area contributed by atoms with Gasteiger partial charge in [-0.3, -0.25) is 4.79 Å². The van der Waals surface area contributed by atoms with Crippen molar-refractivity contribution in [2.75, 3.05) is 6.61 Å². The Kier molecular flexibility index (Phi) is 5.55. The molecular weight excluding hydrogens is 263 g/mol. The highest BCUT2D eigenvalue weighted by atomic mass is 35.7. The molecule has 0 aliphatic carbocycles. The van der Waals surface area contributed by atoms with Gasteiger partial charge in [-0.05, 0) is 55.4 Å². The molecule has 0 saturated carbocycles. The van der Waals surface area contributed by atoms with Crippen LogP contribution in [0.3, 0.4) is 0 Å². The molecule has 0 unspecified atom stereocenters. The summed E-state index contributed by atoms with van der Waals surface area (Å²) in [5, 5.41) is 0. The molecule has 2 nitrogen and oxygen atoms in total. The number of hydrogen-bond acceptors (Lipinski definition) is 4. The average molecular weight is 268 g/mol. The standard InChI is InChI=1S/C8H5Cl2O2S2/c9-13-6-2-1-3-7(14-10)8(6)12-5-4-11/h1-3H,5H2.